The second kappa shape index (κ2) is 6.42. The molecule has 0 unspecified atom stereocenters. The van der Waals surface area contributed by atoms with E-state index in [2.05, 4.69) is 19.8 Å². The molecular formula is C13H17N5O4S. The zero-order valence-electron chi connectivity index (χ0n) is 12.9. The Balaban J connectivity index is 2.19. The topological polar surface area (TPSA) is 127 Å². The first-order chi connectivity index (χ1) is 10.8. The van der Waals surface area contributed by atoms with Crippen molar-refractivity contribution >= 4 is 16.0 Å². The molecule has 2 heterocycles. The Bertz CT molecular complexity index is 827. The van der Waals surface area contributed by atoms with Crippen LogP contribution in [-0.4, -0.2) is 39.2 Å². The molecule has 0 fully saturated rings. The summed E-state index contributed by atoms with van der Waals surface area (Å²) in [5, 5.41) is 13.0. The lowest BCUT2D eigenvalue weighted by molar-refractivity contribution is 0.0696. The second-order valence-electron chi connectivity index (χ2n) is 4.83. The molecule has 0 amide bonds. The van der Waals surface area contributed by atoms with E-state index < -0.39 is 16.0 Å². The minimum absolute atomic E-state index is 0.0625. The van der Waals surface area contributed by atoms with Crippen molar-refractivity contribution in [2.75, 3.05) is 0 Å². The van der Waals surface area contributed by atoms with E-state index in [4.69, 9.17) is 5.11 Å². The monoisotopic (exact) mass is 339 g/mol. The lowest BCUT2D eigenvalue weighted by Gasteiger charge is -2.07. The van der Waals surface area contributed by atoms with Gasteiger partial charge in [0.2, 0.25) is 10.0 Å². The van der Waals surface area contributed by atoms with Gasteiger partial charge in [-0.3, -0.25) is 4.68 Å². The molecule has 2 N–H and O–H groups in total. The minimum Gasteiger partial charge on any atom is -0.478 e. The van der Waals surface area contributed by atoms with Gasteiger partial charge >= 0.3 is 5.97 Å². The molecule has 2 aromatic rings. The van der Waals surface area contributed by atoms with Crippen LogP contribution in [0.1, 0.15) is 34.5 Å². The molecule has 0 radical (unpaired) electrons. The fourth-order valence-electron chi connectivity index (χ4n) is 2.17. The number of hydrogen-bond donors (Lipinski definition) is 2. The number of carbonyl (C=O) groups is 1. The predicted molar refractivity (Wildman–Crippen MR) is 80.4 cm³/mol. The molecular weight excluding hydrogens is 322 g/mol. The van der Waals surface area contributed by atoms with Crippen molar-refractivity contribution in [3.05, 3.63) is 35.2 Å². The molecule has 0 spiro atoms. The number of hydrogen-bond acceptors (Lipinski definition) is 6. The number of carboxylic acids is 1. The van der Waals surface area contributed by atoms with Crippen molar-refractivity contribution in [3.8, 4) is 0 Å². The van der Waals surface area contributed by atoms with Gasteiger partial charge in [0.25, 0.3) is 0 Å². The molecule has 9 nitrogen and oxygen atoms in total. The number of aryl methyl sites for hydroxylation is 2. The quantitative estimate of drug-likeness (QED) is 0.784. The zero-order chi connectivity index (χ0) is 17.2. The molecule has 0 aliphatic heterocycles. The average molecular weight is 339 g/mol. The Hall–Kier alpha value is -2.33. The van der Waals surface area contributed by atoms with Crippen LogP contribution >= 0.6 is 0 Å². The zero-order valence-corrected chi connectivity index (χ0v) is 13.8. The molecule has 2 aromatic heterocycles. The van der Waals surface area contributed by atoms with Crippen molar-refractivity contribution in [1.29, 1.82) is 0 Å². The van der Waals surface area contributed by atoms with Gasteiger partial charge in [-0.15, -0.1) is 0 Å². The highest BCUT2D eigenvalue weighted by Gasteiger charge is 2.24. The lowest BCUT2D eigenvalue weighted by Crippen LogP contribution is -2.25. The number of carboxylic acid groups (broad SMARTS) is 1. The smallest absolute Gasteiger partial charge is 0.338 e. The normalized spacial score (nSPS) is 11.6. The van der Waals surface area contributed by atoms with E-state index in [-0.39, 0.29) is 22.8 Å². The molecule has 23 heavy (non-hydrogen) atoms. The Morgan fingerprint density at radius 2 is 1.91 bits per heavy atom. The summed E-state index contributed by atoms with van der Waals surface area (Å²) < 4.78 is 28.9. The van der Waals surface area contributed by atoms with Gasteiger partial charge in [0, 0.05) is 18.9 Å². The summed E-state index contributed by atoms with van der Waals surface area (Å²) in [6.45, 7) is 5.63. The van der Waals surface area contributed by atoms with E-state index >= 15 is 0 Å². The van der Waals surface area contributed by atoms with Crippen LogP contribution in [0.2, 0.25) is 0 Å². The van der Waals surface area contributed by atoms with E-state index in [0.29, 0.717) is 17.9 Å². The summed E-state index contributed by atoms with van der Waals surface area (Å²) in [7, 11) is -3.77. The molecule has 0 aromatic carbocycles. The highest BCUT2D eigenvalue weighted by molar-refractivity contribution is 7.89. The van der Waals surface area contributed by atoms with Crippen LogP contribution in [0.4, 0.5) is 0 Å². The van der Waals surface area contributed by atoms with E-state index in [1.54, 1.807) is 18.5 Å². The summed E-state index contributed by atoms with van der Waals surface area (Å²) in [4.78, 5) is 18.5. The number of sulfonamides is 1. The van der Waals surface area contributed by atoms with Gasteiger partial charge in [-0.25, -0.2) is 27.9 Å². The SMILES string of the molecule is CCn1nc(C)c(S(=O)(=O)NCc2ncc(C(=O)O)cn2)c1C. The number of aromatic nitrogens is 4. The molecule has 0 saturated carbocycles. The largest absolute Gasteiger partial charge is 0.478 e. The van der Waals surface area contributed by atoms with Gasteiger partial charge in [0.15, 0.2) is 0 Å². The standard InChI is InChI=1S/C13H17N5O4S/c1-4-18-9(3)12(8(2)17-18)23(21,22)16-7-11-14-5-10(6-15-11)13(19)20/h5-6,16H,4,7H2,1-3H3,(H,19,20). The van der Waals surface area contributed by atoms with Crippen LogP contribution in [0.25, 0.3) is 0 Å². The van der Waals surface area contributed by atoms with Crippen LogP contribution in [0, 0.1) is 13.8 Å². The molecule has 124 valence electrons. The Morgan fingerprint density at radius 1 is 1.30 bits per heavy atom. The molecule has 10 heteroatoms. The van der Waals surface area contributed by atoms with Gasteiger partial charge in [0.05, 0.1) is 23.5 Å². The maximum Gasteiger partial charge on any atom is 0.338 e. The first-order valence-electron chi connectivity index (χ1n) is 6.84. The summed E-state index contributed by atoms with van der Waals surface area (Å²) in [6.07, 6.45) is 2.26. The van der Waals surface area contributed by atoms with Crippen LogP contribution in [0.5, 0.6) is 0 Å². The third-order valence-electron chi connectivity index (χ3n) is 3.26. The van der Waals surface area contributed by atoms with Crippen LogP contribution in [-0.2, 0) is 23.1 Å². The molecule has 0 atom stereocenters. The number of aromatic carboxylic acids is 1. The van der Waals surface area contributed by atoms with Crippen LogP contribution in [0.3, 0.4) is 0 Å². The van der Waals surface area contributed by atoms with Crippen molar-refractivity contribution in [1.82, 2.24) is 24.5 Å². The fraction of sp³-hybridized carbons (Fsp3) is 0.385. The highest BCUT2D eigenvalue weighted by atomic mass is 32.2. The molecule has 0 aliphatic carbocycles. The molecule has 2 rings (SSSR count). The minimum atomic E-state index is -3.77. The number of nitrogens with one attached hydrogen (secondary N) is 1. The van der Waals surface area contributed by atoms with Crippen LogP contribution < -0.4 is 4.72 Å². The van der Waals surface area contributed by atoms with Crippen molar-refractivity contribution in [2.24, 2.45) is 0 Å². The van der Waals surface area contributed by atoms with Crippen molar-refractivity contribution in [2.45, 2.75) is 38.8 Å². The van der Waals surface area contributed by atoms with Crippen molar-refractivity contribution < 1.29 is 18.3 Å². The summed E-state index contributed by atoms with van der Waals surface area (Å²) in [6, 6.07) is 0. The summed E-state index contributed by atoms with van der Waals surface area (Å²) in [5.41, 5.74) is 0.908. The molecule has 0 aliphatic rings. The average Bonchev–Trinajstić information content (AvgIpc) is 2.80. The molecule has 0 bridgehead atoms. The van der Waals surface area contributed by atoms with E-state index in [1.807, 2.05) is 6.92 Å². The Kier molecular flexibility index (Phi) is 4.76. The van der Waals surface area contributed by atoms with Crippen molar-refractivity contribution in [3.63, 3.8) is 0 Å². The highest BCUT2D eigenvalue weighted by Crippen LogP contribution is 2.19. The van der Waals surface area contributed by atoms with Gasteiger partial charge in [0.1, 0.15) is 10.7 Å². The number of nitrogens with zero attached hydrogens (tertiary/aromatic N) is 4. The molecule has 0 saturated heterocycles. The third-order valence-corrected chi connectivity index (χ3v) is 4.91. The maximum atomic E-state index is 12.4. The van der Waals surface area contributed by atoms with E-state index in [9.17, 15) is 13.2 Å². The van der Waals surface area contributed by atoms with Gasteiger partial charge in [-0.1, -0.05) is 0 Å². The van der Waals surface area contributed by atoms with Gasteiger partial charge in [-0.05, 0) is 20.8 Å². The first kappa shape index (κ1) is 17.0. The number of rotatable bonds is 6. The second-order valence-corrected chi connectivity index (χ2v) is 6.54. The fourth-order valence-corrected chi connectivity index (χ4v) is 3.55. The van der Waals surface area contributed by atoms with Gasteiger partial charge in [-0.2, -0.15) is 5.10 Å². The third kappa shape index (κ3) is 3.54. The summed E-state index contributed by atoms with van der Waals surface area (Å²) in [5.74, 6) is -0.966. The van der Waals surface area contributed by atoms with Crippen LogP contribution in [0.15, 0.2) is 17.3 Å². The predicted octanol–water partition coefficient (Wildman–Crippen LogP) is 0.487. The lowest BCUT2D eigenvalue weighted by atomic mass is 10.3. The maximum absolute atomic E-state index is 12.4. The Morgan fingerprint density at radius 3 is 2.39 bits per heavy atom. The van der Waals surface area contributed by atoms with E-state index in [1.165, 1.54) is 0 Å². The summed E-state index contributed by atoms with van der Waals surface area (Å²) >= 11 is 0. The Labute approximate surface area is 133 Å². The van der Waals surface area contributed by atoms with E-state index in [0.717, 1.165) is 12.4 Å². The first-order valence-corrected chi connectivity index (χ1v) is 8.32. The van der Waals surface area contributed by atoms with Gasteiger partial charge < -0.3 is 5.11 Å².